The summed E-state index contributed by atoms with van der Waals surface area (Å²) < 4.78 is 14.1. The molecule has 8 heteroatoms. The fourth-order valence-electron chi connectivity index (χ4n) is 3.89. The zero-order chi connectivity index (χ0) is 24.7. The van der Waals surface area contributed by atoms with Gasteiger partial charge >= 0.3 is 0 Å². The predicted molar refractivity (Wildman–Crippen MR) is 124 cm³/mol. The maximum atomic E-state index is 14.1. The maximum absolute atomic E-state index is 14.1. The highest BCUT2D eigenvalue weighted by atomic mass is 19.1. The minimum Gasteiger partial charge on any atom is -0.366 e. The largest absolute Gasteiger partial charge is 0.366 e. The number of benzene rings is 2. The van der Waals surface area contributed by atoms with Crippen LogP contribution in [0.3, 0.4) is 0 Å². The van der Waals surface area contributed by atoms with Crippen LogP contribution in [0.15, 0.2) is 36.4 Å². The fraction of sp³-hybridized carbons (Fsp3) is 0.308. The lowest BCUT2D eigenvalue weighted by atomic mass is 9.98. The van der Waals surface area contributed by atoms with E-state index in [-0.39, 0.29) is 30.3 Å². The first-order valence-electron chi connectivity index (χ1n) is 11.0. The molecule has 0 aliphatic carbocycles. The molecule has 1 aliphatic rings. The summed E-state index contributed by atoms with van der Waals surface area (Å²) in [4.78, 5) is 48.1. The Hall–Kier alpha value is -3.83. The Balaban J connectivity index is 1.69. The van der Waals surface area contributed by atoms with Crippen LogP contribution in [0.2, 0.25) is 0 Å². The molecule has 3 N–H and O–H groups in total. The van der Waals surface area contributed by atoms with Gasteiger partial charge < -0.3 is 5.73 Å². The van der Waals surface area contributed by atoms with E-state index in [4.69, 9.17) is 5.73 Å². The van der Waals surface area contributed by atoms with Crippen LogP contribution in [-0.4, -0.2) is 42.0 Å². The van der Waals surface area contributed by atoms with Gasteiger partial charge in [-0.2, -0.15) is 0 Å². The van der Waals surface area contributed by atoms with Crippen molar-refractivity contribution in [2.24, 2.45) is 5.73 Å². The minimum atomic E-state index is -0.562. The van der Waals surface area contributed by atoms with E-state index < -0.39 is 17.8 Å². The van der Waals surface area contributed by atoms with Gasteiger partial charge in [-0.05, 0) is 61.7 Å². The highest BCUT2D eigenvalue weighted by Crippen LogP contribution is 2.21. The van der Waals surface area contributed by atoms with E-state index in [1.54, 1.807) is 24.1 Å². The third-order valence-corrected chi connectivity index (χ3v) is 5.75. The summed E-state index contributed by atoms with van der Waals surface area (Å²) in [5, 5.41) is 2.32. The Morgan fingerprint density at radius 3 is 2.65 bits per heavy atom. The highest BCUT2D eigenvalue weighted by Gasteiger charge is 2.30. The lowest BCUT2D eigenvalue weighted by Gasteiger charge is -2.30. The molecule has 0 saturated carbocycles. The number of aldehydes is 1. The van der Waals surface area contributed by atoms with Crippen molar-refractivity contribution in [3.05, 3.63) is 70.0 Å². The molecule has 1 atom stereocenters. The van der Waals surface area contributed by atoms with Crippen molar-refractivity contribution < 1.29 is 23.6 Å². The summed E-state index contributed by atoms with van der Waals surface area (Å²) in [7, 11) is 1.72. The smallest absolute Gasteiger partial charge is 0.248 e. The number of hydrogen-bond donors (Lipinski definition) is 2. The first kappa shape index (κ1) is 24.8. The number of aryl methyl sites for hydroxylation is 1. The van der Waals surface area contributed by atoms with Crippen LogP contribution in [0.1, 0.15) is 63.1 Å². The van der Waals surface area contributed by atoms with Crippen molar-refractivity contribution in [3.8, 4) is 11.8 Å². The number of piperidine rings is 1. The van der Waals surface area contributed by atoms with E-state index in [1.165, 1.54) is 6.07 Å². The molecule has 3 rings (SSSR count). The zero-order valence-electron chi connectivity index (χ0n) is 18.9. The third kappa shape index (κ3) is 6.36. The number of nitrogens with zero attached hydrogens (tertiary/aromatic N) is 1. The second-order valence-corrected chi connectivity index (χ2v) is 8.24. The van der Waals surface area contributed by atoms with E-state index in [0.29, 0.717) is 35.8 Å². The van der Waals surface area contributed by atoms with Gasteiger partial charge in [0.1, 0.15) is 5.82 Å². The summed E-state index contributed by atoms with van der Waals surface area (Å²) in [5.74, 6) is 4.29. The van der Waals surface area contributed by atoms with Crippen molar-refractivity contribution in [3.63, 3.8) is 0 Å². The van der Waals surface area contributed by atoms with E-state index in [9.17, 15) is 23.6 Å². The molecule has 2 aromatic rings. The number of nitrogens with one attached hydrogen (secondary N) is 1. The van der Waals surface area contributed by atoms with Crippen molar-refractivity contribution in [2.75, 3.05) is 7.05 Å². The van der Waals surface area contributed by atoms with E-state index >= 15 is 0 Å². The van der Waals surface area contributed by atoms with Crippen LogP contribution in [-0.2, 0) is 22.6 Å². The number of hydrogen-bond acceptors (Lipinski definition) is 5. The third-order valence-electron chi connectivity index (χ3n) is 5.75. The standard InChI is InChI=1S/C26H26FN3O4/c1-30(23-11-12-24(32)29-26(23)34)15-22-19(13-21(27)14-20(22)16-31)6-4-2-3-5-17-7-9-18(10-8-17)25(28)33/h7-10,13-14,16,23H,2-3,5,11-12,15H2,1H3,(H2,28,33)(H,29,32,34). The maximum Gasteiger partial charge on any atom is 0.248 e. The molecule has 34 heavy (non-hydrogen) atoms. The predicted octanol–water partition coefficient (Wildman–Crippen LogP) is 2.35. The van der Waals surface area contributed by atoms with Crippen molar-refractivity contribution in [1.82, 2.24) is 10.2 Å². The summed E-state index contributed by atoms with van der Waals surface area (Å²) in [6, 6.07) is 8.98. The Morgan fingerprint density at radius 2 is 2.00 bits per heavy atom. The normalized spacial score (nSPS) is 15.4. The number of primary amides is 1. The van der Waals surface area contributed by atoms with Crippen molar-refractivity contribution in [1.29, 1.82) is 0 Å². The Labute approximate surface area is 197 Å². The number of rotatable bonds is 8. The van der Waals surface area contributed by atoms with Crippen LogP contribution in [0.4, 0.5) is 4.39 Å². The zero-order valence-corrected chi connectivity index (χ0v) is 18.9. The lowest BCUT2D eigenvalue weighted by molar-refractivity contribution is -0.137. The van der Waals surface area contributed by atoms with Crippen molar-refractivity contribution >= 4 is 24.0 Å². The summed E-state index contributed by atoms with van der Waals surface area (Å²) in [6.07, 6.45) is 3.25. The number of imide groups is 1. The second-order valence-electron chi connectivity index (χ2n) is 8.24. The van der Waals surface area contributed by atoms with Gasteiger partial charge in [-0.3, -0.25) is 29.4 Å². The number of likely N-dealkylation sites (N-methyl/N-ethyl adjacent to an activating group) is 1. The molecule has 1 aliphatic heterocycles. The van der Waals surface area contributed by atoms with Crippen LogP contribution < -0.4 is 11.1 Å². The Morgan fingerprint density at radius 1 is 1.26 bits per heavy atom. The first-order valence-corrected chi connectivity index (χ1v) is 11.0. The molecule has 2 aromatic carbocycles. The number of nitrogens with two attached hydrogens (primary N) is 1. The van der Waals surface area contributed by atoms with Crippen LogP contribution in [0.25, 0.3) is 0 Å². The van der Waals surface area contributed by atoms with Gasteiger partial charge in [0.15, 0.2) is 6.29 Å². The Kier molecular flexibility index (Phi) is 8.28. The molecule has 0 spiro atoms. The van der Waals surface area contributed by atoms with E-state index in [2.05, 4.69) is 17.2 Å². The van der Waals surface area contributed by atoms with Gasteiger partial charge in [0.25, 0.3) is 0 Å². The van der Waals surface area contributed by atoms with Gasteiger partial charge in [0.05, 0.1) is 6.04 Å². The van der Waals surface area contributed by atoms with Crippen LogP contribution in [0.5, 0.6) is 0 Å². The number of amides is 3. The van der Waals surface area contributed by atoms with E-state index in [0.717, 1.165) is 24.5 Å². The molecular formula is C26H26FN3O4. The topological polar surface area (TPSA) is 110 Å². The van der Waals surface area contributed by atoms with E-state index in [1.807, 2.05) is 12.1 Å². The Bertz CT molecular complexity index is 1170. The molecule has 3 amide bonds. The van der Waals surface area contributed by atoms with Crippen LogP contribution in [0, 0.1) is 17.7 Å². The number of halogens is 1. The molecule has 0 aromatic heterocycles. The molecule has 1 heterocycles. The first-order chi connectivity index (χ1) is 16.3. The summed E-state index contributed by atoms with van der Waals surface area (Å²) in [6.45, 7) is 0.205. The highest BCUT2D eigenvalue weighted by molar-refractivity contribution is 6.00. The molecule has 1 unspecified atom stereocenters. The number of carbonyl (C=O) groups is 4. The second kappa shape index (κ2) is 11.3. The van der Waals surface area contributed by atoms with Gasteiger partial charge in [-0.15, -0.1) is 0 Å². The monoisotopic (exact) mass is 463 g/mol. The molecule has 176 valence electrons. The number of unbranched alkanes of at least 4 members (excludes halogenated alkanes) is 1. The average Bonchev–Trinajstić information content (AvgIpc) is 2.80. The van der Waals surface area contributed by atoms with Gasteiger partial charge in [-0.1, -0.05) is 24.0 Å². The molecule has 1 saturated heterocycles. The lowest BCUT2D eigenvalue weighted by Crippen LogP contribution is -2.51. The molecular weight excluding hydrogens is 437 g/mol. The van der Waals surface area contributed by atoms with Gasteiger partial charge in [-0.25, -0.2) is 4.39 Å². The summed E-state index contributed by atoms with van der Waals surface area (Å²) >= 11 is 0. The van der Waals surface area contributed by atoms with Gasteiger partial charge in [0, 0.05) is 36.1 Å². The van der Waals surface area contributed by atoms with Crippen LogP contribution >= 0.6 is 0 Å². The van der Waals surface area contributed by atoms with Gasteiger partial charge in [0.2, 0.25) is 17.7 Å². The fourth-order valence-corrected chi connectivity index (χ4v) is 3.89. The minimum absolute atomic E-state index is 0.179. The molecule has 1 fully saturated rings. The average molecular weight is 464 g/mol. The molecule has 7 nitrogen and oxygen atoms in total. The summed E-state index contributed by atoms with van der Waals surface area (Å²) in [5.41, 5.74) is 7.86. The molecule has 0 radical (unpaired) electrons. The number of carbonyl (C=O) groups excluding carboxylic acids is 4. The van der Waals surface area contributed by atoms with Crippen molar-refractivity contribution in [2.45, 2.75) is 44.7 Å². The SMILES string of the molecule is CN(Cc1c(C#CCCCc2ccc(C(N)=O)cc2)cc(F)cc1C=O)C1CCC(=O)NC1=O. The quantitative estimate of drug-likeness (QED) is 0.270. The molecule has 0 bridgehead atoms.